The highest BCUT2D eigenvalue weighted by atomic mass is 16.5. The minimum Gasteiger partial charge on any atom is -0.493 e. The Morgan fingerprint density at radius 1 is 1.18 bits per heavy atom. The summed E-state index contributed by atoms with van der Waals surface area (Å²) in [7, 11) is 3.43. The SMILES string of the molecule is COc1cc2ncnc(-c3cn(C)nc3-c3ccccc3)c2nc1NC(=O)C1CC2CC2N1. The van der Waals surface area contributed by atoms with Gasteiger partial charge in [0.1, 0.15) is 23.2 Å². The molecular formula is C24H23N7O2. The number of fused-ring (bicyclic) bond motifs is 2. The number of amides is 1. The van der Waals surface area contributed by atoms with Crippen molar-refractivity contribution in [2.24, 2.45) is 13.0 Å². The highest BCUT2D eigenvalue weighted by molar-refractivity contribution is 5.99. The number of anilines is 1. The van der Waals surface area contributed by atoms with Gasteiger partial charge in [-0.1, -0.05) is 30.3 Å². The average Bonchev–Trinajstić information content (AvgIpc) is 3.25. The van der Waals surface area contributed by atoms with Gasteiger partial charge in [-0.15, -0.1) is 0 Å². The molecule has 6 rings (SSSR count). The van der Waals surface area contributed by atoms with Gasteiger partial charge >= 0.3 is 0 Å². The topological polar surface area (TPSA) is 107 Å². The third-order valence-electron chi connectivity index (χ3n) is 6.36. The lowest BCUT2D eigenvalue weighted by Crippen LogP contribution is -2.38. The molecule has 0 bridgehead atoms. The van der Waals surface area contributed by atoms with E-state index in [1.807, 2.05) is 43.6 Å². The van der Waals surface area contributed by atoms with E-state index < -0.39 is 0 Å². The monoisotopic (exact) mass is 441 g/mol. The van der Waals surface area contributed by atoms with Crippen LogP contribution in [-0.2, 0) is 11.8 Å². The summed E-state index contributed by atoms with van der Waals surface area (Å²) < 4.78 is 7.27. The molecule has 1 aromatic carbocycles. The number of benzene rings is 1. The predicted molar refractivity (Wildman–Crippen MR) is 124 cm³/mol. The van der Waals surface area contributed by atoms with Gasteiger partial charge in [-0.2, -0.15) is 5.10 Å². The molecule has 2 fully saturated rings. The molecule has 0 spiro atoms. The highest BCUT2D eigenvalue weighted by Gasteiger charge is 2.47. The van der Waals surface area contributed by atoms with Crippen LogP contribution in [0.5, 0.6) is 5.75 Å². The van der Waals surface area contributed by atoms with Crippen molar-refractivity contribution in [3.05, 3.63) is 48.9 Å². The van der Waals surface area contributed by atoms with Crippen molar-refractivity contribution in [2.75, 3.05) is 12.4 Å². The summed E-state index contributed by atoms with van der Waals surface area (Å²) in [5.41, 5.74) is 4.45. The second-order valence-corrected chi connectivity index (χ2v) is 8.61. The lowest BCUT2D eigenvalue weighted by Gasteiger charge is -2.15. The number of rotatable bonds is 5. The van der Waals surface area contributed by atoms with E-state index in [1.54, 1.807) is 17.9 Å². The normalized spacial score (nSPS) is 21.1. The Balaban J connectivity index is 1.44. The van der Waals surface area contributed by atoms with Gasteiger partial charge in [-0.05, 0) is 18.8 Å². The number of pyridine rings is 1. The Morgan fingerprint density at radius 2 is 2.03 bits per heavy atom. The van der Waals surface area contributed by atoms with Crippen molar-refractivity contribution in [2.45, 2.75) is 24.9 Å². The van der Waals surface area contributed by atoms with Crippen LogP contribution in [0.2, 0.25) is 0 Å². The highest BCUT2D eigenvalue weighted by Crippen LogP contribution is 2.41. The molecule has 9 nitrogen and oxygen atoms in total. The number of nitrogens with one attached hydrogen (secondary N) is 2. The third-order valence-corrected chi connectivity index (χ3v) is 6.36. The van der Waals surface area contributed by atoms with Gasteiger partial charge in [0.25, 0.3) is 0 Å². The smallest absolute Gasteiger partial charge is 0.242 e. The first-order chi connectivity index (χ1) is 16.1. The average molecular weight is 441 g/mol. The molecule has 4 aromatic rings. The summed E-state index contributed by atoms with van der Waals surface area (Å²) >= 11 is 0. The maximum absolute atomic E-state index is 12.9. The summed E-state index contributed by atoms with van der Waals surface area (Å²) in [4.78, 5) is 26.6. The Morgan fingerprint density at radius 3 is 2.79 bits per heavy atom. The van der Waals surface area contributed by atoms with Crippen LogP contribution in [0.25, 0.3) is 33.5 Å². The molecule has 4 heterocycles. The number of carbonyl (C=O) groups is 1. The third kappa shape index (κ3) is 3.50. The van der Waals surface area contributed by atoms with Crippen molar-refractivity contribution < 1.29 is 9.53 Å². The zero-order valence-corrected chi connectivity index (χ0v) is 18.3. The summed E-state index contributed by atoms with van der Waals surface area (Å²) in [5.74, 6) is 1.34. The van der Waals surface area contributed by atoms with E-state index in [0.29, 0.717) is 40.3 Å². The number of nitrogens with zero attached hydrogens (tertiary/aromatic N) is 5. The molecule has 2 aliphatic rings. The molecule has 1 saturated heterocycles. The van der Waals surface area contributed by atoms with Crippen molar-refractivity contribution in [1.82, 2.24) is 30.0 Å². The fourth-order valence-electron chi connectivity index (χ4n) is 4.61. The molecule has 1 aliphatic carbocycles. The number of aryl methyl sites for hydroxylation is 1. The van der Waals surface area contributed by atoms with E-state index in [4.69, 9.17) is 9.72 Å². The number of methoxy groups -OCH3 is 1. The first-order valence-electron chi connectivity index (χ1n) is 11.0. The zero-order valence-electron chi connectivity index (χ0n) is 18.3. The van der Waals surface area contributed by atoms with Gasteiger partial charge in [0, 0.05) is 36.5 Å². The molecule has 3 atom stereocenters. The van der Waals surface area contributed by atoms with Crippen LogP contribution in [0.4, 0.5) is 5.82 Å². The fourth-order valence-corrected chi connectivity index (χ4v) is 4.61. The van der Waals surface area contributed by atoms with Gasteiger partial charge in [-0.25, -0.2) is 15.0 Å². The molecule has 0 radical (unpaired) electrons. The van der Waals surface area contributed by atoms with E-state index in [2.05, 4.69) is 25.7 Å². The van der Waals surface area contributed by atoms with E-state index in [0.717, 1.165) is 29.7 Å². The number of carbonyl (C=O) groups excluding carboxylic acids is 1. The maximum Gasteiger partial charge on any atom is 0.242 e. The van der Waals surface area contributed by atoms with Gasteiger partial charge in [-0.3, -0.25) is 9.48 Å². The summed E-state index contributed by atoms with van der Waals surface area (Å²) in [5, 5.41) is 11.0. The quantitative estimate of drug-likeness (QED) is 0.490. The Labute approximate surface area is 190 Å². The number of hydrogen-bond donors (Lipinski definition) is 2. The molecule has 1 amide bonds. The van der Waals surface area contributed by atoms with Crippen molar-refractivity contribution in [3.63, 3.8) is 0 Å². The lowest BCUT2D eigenvalue weighted by molar-refractivity contribution is -0.118. The second-order valence-electron chi connectivity index (χ2n) is 8.61. The maximum atomic E-state index is 12.9. The van der Waals surface area contributed by atoms with E-state index in [-0.39, 0.29) is 11.9 Å². The Hall–Kier alpha value is -3.85. The van der Waals surface area contributed by atoms with Crippen LogP contribution < -0.4 is 15.4 Å². The molecule has 3 aromatic heterocycles. The summed E-state index contributed by atoms with van der Waals surface area (Å²) in [6, 6.07) is 12.0. The number of piperidine rings is 1. The van der Waals surface area contributed by atoms with E-state index in [9.17, 15) is 4.79 Å². The summed E-state index contributed by atoms with van der Waals surface area (Å²) in [6.45, 7) is 0. The number of aromatic nitrogens is 5. The van der Waals surface area contributed by atoms with Crippen LogP contribution in [0.1, 0.15) is 12.8 Å². The van der Waals surface area contributed by atoms with Gasteiger partial charge in [0.2, 0.25) is 5.91 Å². The first-order valence-corrected chi connectivity index (χ1v) is 11.0. The second kappa shape index (κ2) is 7.63. The molecule has 1 saturated carbocycles. The number of ether oxygens (including phenoxy) is 1. The van der Waals surface area contributed by atoms with Gasteiger partial charge in [0.15, 0.2) is 11.6 Å². The zero-order chi connectivity index (χ0) is 22.5. The molecule has 3 unspecified atom stereocenters. The van der Waals surface area contributed by atoms with Gasteiger partial charge in [0.05, 0.1) is 18.7 Å². The van der Waals surface area contributed by atoms with Crippen LogP contribution >= 0.6 is 0 Å². The van der Waals surface area contributed by atoms with E-state index >= 15 is 0 Å². The van der Waals surface area contributed by atoms with Crippen LogP contribution in [0.3, 0.4) is 0 Å². The molecule has 33 heavy (non-hydrogen) atoms. The minimum absolute atomic E-state index is 0.0999. The van der Waals surface area contributed by atoms with Crippen molar-refractivity contribution in [3.8, 4) is 28.3 Å². The standard InChI is InChI=1S/C24H23N7O2/c1-31-11-15(20(30-31)13-6-4-3-5-7-13)21-22-17(25-12-26-21)10-19(33-2)23(28-22)29-24(32)18-9-14-8-16(14)27-18/h3-7,10-12,14,16,18,27H,8-9H2,1-2H3,(H,28,29,32). The van der Waals surface area contributed by atoms with Crippen molar-refractivity contribution in [1.29, 1.82) is 0 Å². The molecular weight excluding hydrogens is 418 g/mol. The summed E-state index contributed by atoms with van der Waals surface area (Å²) in [6.07, 6.45) is 5.45. The Kier molecular flexibility index (Phi) is 4.58. The van der Waals surface area contributed by atoms with Crippen LogP contribution in [0.15, 0.2) is 48.9 Å². The molecule has 9 heteroatoms. The fraction of sp³-hybridized carbons (Fsp3) is 0.292. The van der Waals surface area contributed by atoms with Gasteiger partial charge < -0.3 is 15.4 Å². The first kappa shape index (κ1) is 19.8. The van der Waals surface area contributed by atoms with E-state index in [1.165, 1.54) is 6.33 Å². The Bertz CT molecular complexity index is 1360. The predicted octanol–water partition coefficient (Wildman–Crippen LogP) is 2.79. The molecule has 1 aliphatic heterocycles. The molecule has 166 valence electrons. The lowest BCUT2D eigenvalue weighted by atomic mass is 10.0. The molecule has 2 N–H and O–H groups in total. The van der Waals surface area contributed by atoms with Crippen LogP contribution in [0, 0.1) is 5.92 Å². The van der Waals surface area contributed by atoms with Crippen molar-refractivity contribution >= 4 is 22.8 Å². The minimum atomic E-state index is -0.203. The largest absolute Gasteiger partial charge is 0.493 e. The number of hydrogen-bond acceptors (Lipinski definition) is 7. The van der Waals surface area contributed by atoms with Crippen LogP contribution in [-0.4, -0.2) is 49.8 Å².